The Morgan fingerprint density at radius 2 is 2.26 bits per heavy atom. The molecule has 0 saturated carbocycles. The molecule has 19 heavy (non-hydrogen) atoms. The molecule has 1 aliphatic rings. The molecule has 1 saturated heterocycles. The summed E-state index contributed by atoms with van der Waals surface area (Å²) in [5.74, 6) is 1.62. The summed E-state index contributed by atoms with van der Waals surface area (Å²) < 4.78 is 5.58. The van der Waals surface area contributed by atoms with Crippen molar-refractivity contribution < 1.29 is 9.84 Å². The second-order valence-corrected chi connectivity index (χ2v) is 4.78. The third-order valence-corrected chi connectivity index (χ3v) is 3.19. The Kier molecular flexibility index (Phi) is 3.21. The van der Waals surface area contributed by atoms with Crippen molar-refractivity contribution in [2.24, 2.45) is 0 Å². The molecule has 2 aromatic heterocycles. The number of ether oxygens (including phenoxy) is 1. The minimum absolute atomic E-state index is 0.246. The number of aliphatic hydroxyl groups excluding tert-OH is 1. The fourth-order valence-electron chi connectivity index (χ4n) is 2.18. The lowest BCUT2D eigenvalue weighted by atomic mass is 10.1. The van der Waals surface area contributed by atoms with Crippen LogP contribution < -0.4 is 9.64 Å². The number of anilines is 1. The highest BCUT2D eigenvalue weighted by Crippen LogP contribution is 2.28. The summed E-state index contributed by atoms with van der Waals surface area (Å²) in [6, 6.07) is 3.92. The summed E-state index contributed by atoms with van der Waals surface area (Å²) in [4.78, 5) is 10.9. The van der Waals surface area contributed by atoms with E-state index in [0.29, 0.717) is 19.7 Å². The Hall–Kier alpha value is -1.88. The highest BCUT2D eigenvalue weighted by Gasteiger charge is 2.27. The van der Waals surface area contributed by atoms with Crippen LogP contribution in [0.4, 0.5) is 5.82 Å². The number of aliphatic hydroxyl groups is 1. The maximum absolute atomic E-state index is 9.38. The summed E-state index contributed by atoms with van der Waals surface area (Å²) in [5, 5.41) is 10.4. The molecule has 0 aliphatic carbocycles. The monoisotopic (exact) mass is 259 g/mol. The highest BCUT2D eigenvalue weighted by atomic mass is 16.5. The van der Waals surface area contributed by atoms with E-state index in [2.05, 4.69) is 16.9 Å². The molecule has 100 valence electrons. The number of β-amino-alcohol motifs (C(OH)–C–C–N with tert-alkyl or cyclic N) is 1. The number of fused-ring (bicyclic) bond motifs is 1. The van der Waals surface area contributed by atoms with Gasteiger partial charge in [0.15, 0.2) is 5.82 Å². The molecule has 5 heteroatoms. The summed E-state index contributed by atoms with van der Waals surface area (Å²) in [7, 11) is 0. The van der Waals surface area contributed by atoms with Crippen molar-refractivity contribution in [1.29, 1.82) is 0 Å². The number of aromatic nitrogens is 2. The van der Waals surface area contributed by atoms with Crippen LogP contribution >= 0.6 is 0 Å². The van der Waals surface area contributed by atoms with E-state index < -0.39 is 0 Å². The van der Waals surface area contributed by atoms with Gasteiger partial charge in [-0.1, -0.05) is 6.92 Å². The van der Waals surface area contributed by atoms with Gasteiger partial charge in [-0.25, -0.2) is 9.97 Å². The van der Waals surface area contributed by atoms with Crippen LogP contribution in [0.2, 0.25) is 0 Å². The van der Waals surface area contributed by atoms with Crippen LogP contribution in [0.25, 0.3) is 10.9 Å². The number of hydrogen-bond donors (Lipinski definition) is 1. The third kappa shape index (κ3) is 2.33. The standard InChI is InChI=1S/C14H17N3O2/c1-2-5-19-12-6-10-3-4-15-14(13(10)16-7-12)17-8-11(18)9-17/h3-4,6-7,11,18H,2,5,8-9H2,1H3. The molecule has 5 nitrogen and oxygen atoms in total. The van der Waals surface area contributed by atoms with E-state index in [-0.39, 0.29) is 6.10 Å². The zero-order chi connectivity index (χ0) is 13.2. The number of nitrogens with zero attached hydrogens (tertiary/aromatic N) is 3. The fraction of sp³-hybridized carbons (Fsp3) is 0.429. The van der Waals surface area contributed by atoms with Crippen LogP contribution in [0.1, 0.15) is 13.3 Å². The van der Waals surface area contributed by atoms with Gasteiger partial charge in [0.05, 0.1) is 18.9 Å². The zero-order valence-electron chi connectivity index (χ0n) is 10.9. The van der Waals surface area contributed by atoms with Crippen molar-refractivity contribution in [2.45, 2.75) is 19.4 Å². The van der Waals surface area contributed by atoms with Gasteiger partial charge < -0.3 is 14.7 Å². The van der Waals surface area contributed by atoms with Crippen LogP contribution in [0.3, 0.4) is 0 Å². The van der Waals surface area contributed by atoms with Gasteiger partial charge in [-0.05, 0) is 18.6 Å². The van der Waals surface area contributed by atoms with Crippen molar-refractivity contribution in [3.05, 3.63) is 24.5 Å². The van der Waals surface area contributed by atoms with E-state index in [1.807, 2.05) is 17.0 Å². The summed E-state index contributed by atoms with van der Waals surface area (Å²) in [6.45, 7) is 4.03. The Bertz CT molecular complexity index is 582. The first-order valence-corrected chi connectivity index (χ1v) is 6.58. The lowest BCUT2D eigenvalue weighted by Gasteiger charge is -2.37. The van der Waals surface area contributed by atoms with Crippen molar-refractivity contribution in [3.8, 4) is 5.75 Å². The van der Waals surface area contributed by atoms with Gasteiger partial charge in [0, 0.05) is 24.7 Å². The normalized spacial score (nSPS) is 15.6. The predicted molar refractivity (Wildman–Crippen MR) is 73.5 cm³/mol. The molecule has 2 aromatic rings. The fourth-order valence-corrected chi connectivity index (χ4v) is 2.18. The minimum atomic E-state index is -0.246. The second kappa shape index (κ2) is 5.01. The minimum Gasteiger partial charge on any atom is -0.492 e. The molecule has 0 atom stereocenters. The summed E-state index contributed by atoms with van der Waals surface area (Å²) in [6.07, 6.45) is 4.24. The molecular weight excluding hydrogens is 242 g/mol. The molecule has 0 amide bonds. The topological polar surface area (TPSA) is 58.5 Å². The SMILES string of the molecule is CCCOc1cnc2c(N3CC(O)C3)nccc2c1. The quantitative estimate of drug-likeness (QED) is 0.903. The van der Waals surface area contributed by atoms with Gasteiger partial charge in [-0.15, -0.1) is 0 Å². The average molecular weight is 259 g/mol. The van der Waals surface area contributed by atoms with Crippen LogP contribution in [-0.4, -0.2) is 40.9 Å². The molecule has 0 aromatic carbocycles. The maximum atomic E-state index is 9.38. The molecule has 0 spiro atoms. The van der Waals surface area contributed by atoms with Gasteiger partial charge in [-0.2, -0.15) is 0 Å². The van der Waals surface area contributed by atoms with Crippen LogP contribution in [-0.2, 0) is 0 Å². The first kappa shape index (κ1) is 12.2. The van der Waals surface area contributed by atoms with E-state index in [1.54, 1.807) is 12.4 Å². The van der Waals surface area contributed by atoms with Crippen molar-refractivity contribution in [2.75, 3.05) is 24.6 Å². The first-order valence-electron chi connectivity index (χ1n) is 6.58. The maximum Gasteiger partial charge on any atom is 0.155 e. The summed E-state index contributed by atoms with van der Waals surface area (Å²) >= 11 is 0. The van der Waals surface area contributed by atoms with Crippen molar-refractivity contribution in [3.63, 3.8) is 0 Å². The second-order valence-electron chi connectivity index (χ2n) is 4.78. The molecule has 0 radical (unpaired) electrons. The molecule has 3 rings (SSSR count). The Balaban J connectivity index is 1.92. The van der Waals surface area contributed by atoms with E-state index in [0.717, 1.165) is 28.9 Å². The molecule has 0 bridgehead atoms. The van der Waals surface area contributed by atoms with Gasteiger partial charge in [-0.3, -0.25) is 0 Å². The molecule has 1 N–H and O–H groups in total. The van der Waals surface area contributed by atoms with Crippen LogP contribution in [0.5, 0.6) is 5.75 Å². The van der Waals surface area contributed by atoms with Crippen molar-refractivity contribution >= 4 is 16.7 Å². The lowest BCUT2D eigenvalue weighted by molar-refractivity contribution is 0.141. The van der Waals surface area contributed by atoms with Gasteiger partial charge in [0.2, 0.25) is 0 Å². The smallest absolute Gasteiger partial charge is 0.155 e. The molecular formula is C14H17N3O2. The Labute approximate surface area is 111 Å². The van der Waals surface area contributed by atoms with Gasteiger partial charge in [0.25, 0.3) is 0 Å². The predicted octanol–water partition coefficient (Wildman–Crippen LogP) is 1.60. The Morgan fingerprint density at radius 3 is 3.00 bits per heavy atom. The van der Waals surface area contributed by atoms with E-state index in [4.69, 9.17) is 4.74 Å². The van der Waals surface area contributed by atoms with E-state index in [1.165, 1.54) is 0 Å². The molecule has 1 fully saturated rings. The average Bonchev–Trinajstić information content (AvgIpc) is 2.41. The summed E-state index contributed by atoms with van der Waals surface area (Å²) in [5.41, 5.74) is 0.859. The molecule has 3 heterocycles. The molecule has 1 aliphatic heterocycles. The van der Waals surface area contributed by atoms with E-state index in [9.17, 15) is 5.11 Å². The zero-order valence-corrected chi connectivity index (χ0v) is 10.9. The highest BCUT2D eigenvalue weighted by molar-refractivity contribution is 5.89. The van der Waals surface area contributed by atoms with E-state index >= 15 is 0 Å². The van der Waals surface area contributed by atoms with Crippen molar-refractivity contribution in [1.82, 2.24) is 9.97 Å². The lowest BCUT2D eigenvalue weighted by Crippen LogP contribution is -2.51. The number of hydrogen-bond acceptors (Lipinski definition) is 5. The van der Waals surface area contributed by atoms with Crippen LogP contribution in [0, 0.1) is 0 Å². The Morgan fingerprint density at radius 1 is 1.42 bits per heavy atom. The third-order valence-electron chi connectivity index (χ3n) is 3.19. The molecule has 0 unspecified atom stereocenters. The largest absolute Gasteiger partial charge is 0.492 e. The van der Waals surface area contributed by atoms with Gasteiger partial charge >= 0.3 is 0 Å². The first-order chi connectivity index (χ1) is 9.28. The van der Waals surface area contributed by atoms with Gasteiger partial charge in [0.1, 0.15) is 11.3 Å². The van der Waals surface area contributed by atoms with Crippen LogP contribution in [0.15, 0.2) is 24.5 Å². The number of pyridine rings is 2. The number of rotatable bonds is 4.